The van der Waals surface area contributed by atoms with E-state index in [0.717, 1.165) is 35.4 Å². The van der Waals surface area contributed by atoms with Gasteiger partial charge in [-0.15, -0.1) is 10.2 Å². The molecule has 0 saturated heterocycles. The van der Waals surface area contributed by atoms with E-state index in [1.807, 2.05) is 18.2 Å². The number of aromatic nitrogens is 5. The average molecular weight is 268 g/mol. The molecule has 6 nitrogen and oxygen atoms in total. The minimum Gasteiger partial charge on any atom is -0.357 e. The summed E-state index contributed by atoms with van der Waals surface area (Å²) >= 11 is 0. The van der Waals surface area contributed by atoms with Crippen LogP contribution in [0.4, 0.5) is 5.82 Å². The highest BCUT2D eigenvalue weighted by molar-refractivity contribution is 5.84. The number of nitrogens with one attached hydrogen (secondary N) is 1. The van der Waals surface area contributed by atoms with Crippen molar-refractivity contribution in [2.45, 2.75) is 13.8 Å². The molecular formula is C14H16N6. The Labute approximate surface area is 116 Å². The van der Waals surface area contributed by atoms with Crippen LogP contribution in [0.1, 0.15) is 13.8 Å². The van der Waals surface area contributed by atoms with E-state index in [4.69, 9.17) is 4.98 Å². The lowest BCUT2D eigenvalue weighted by Crippen LogP contribution is -2.22. The van der Waals surface area contributed by atoms with Crippen molar-refractivity contribution in [1.82, 2.24) is 25.6 Å². The predicted molar refractivity (Wildman–Crippen MR) is 78.5 cm³/mol. The molecule has 0 aliphatic carbocycles. The molecule has 0 radical (unpaired) electrons. The lowest BCUT2D eigenvalue weighted by molar-refractivity contribution is 0.850. The Hall–Kier alpha value is -2.50. The van der Waals surface area contributed by atoms with Crippen LogP contribution in [0.15, 0.2) is 30.3 Å². The van der Waals surface area contributed by atoms with E-state index in [1.54, 1.807) is 0 Å². The number of benzene rings is 1. The summed E-state index contributed by atoms with van der Waals surface area (Å²) in [5.41, 5.74) is 1.91. The van der Waals surface area contributed by atoms with E-state index in [2.05, 4.69) is 51.5 Å². The number of fused-ring (bicyclic) bond motifs is 1. The lowest BCUT2D eigenvalue weighted by Gasteiger charge is -2.19. The number of anilines is 1. The fourth-order valence-electron chi connectivity index (χ4n) is 2.26. The summed E-state index contributed by atoms with van der Waals surface area (Å²) in [7, 11) is 0. The van der Waals surface area contributed by atoms with Gasteiger partial charge in [0.15, 0.2) is 0 Å². The van der Waals surface area contributed by atoms with Gasteiger partial charge in [0.1, 0.15) is 5.82 Å². The second-order valence-electron chi connectivity index (χ2n) is 4.48. The molecule has 3 aromatic rings. The van der Waals surface area contributed by atoms with Crippen molar-refractivity contribution in [3.63, 3.8) is 0 Å². The topological polar surface area (TPSA) is 70.6 Å². The van der Waals surface area contributed by atoms with Crippen molar-refractivity contribution in [1.29, 1.82) is 0 Å². The van der Waals surface area contributed by atoms with Crippen LogP contribution in [-0.2, 0) is 0 Å². The van der Waals surface area contributed by atoms with Crippen molar-refractivity contribution in [2.75, 3.05) is 18.0 Å². The smallest absolute Gasteiger partial charge is 0.204 e. The highest BCUT2D eigenvalue weighted by Gasteiger charge is 2.07. The highest BCUT2D eigenvalue weighted by Crippen LogP contribution is 2.22. The Bertz CT molecular complexity index is 703. The first kappa shape index (κ1) is 12.5. The van der Waals surface area contributed by atoms with E-state index < -0.39 is 0 Å². The number of tetrazole rings is 1. The summed E-state index contributed by atoms with van der Waals surface area (Å²) in [6.07, 6.45) is 0. The molecule has 0 aliphatic heterocycles. The molecule has 3 rings (SSSR count). The third-order valence-corrected chi connectivity index (χ3v) is 3.37. The normalized spacial score (nSPS) is 10.9. The maximum atomic E-state index is 4.70. The van der Waals surface area contributed by atoms with Crippen molar-refractivity contribution in [3.05, 3.63) is 30.3 Å². The predicted octanol–water partition coefficient (Wildman–Crippen LogP) is 2.26. The summed E-state index contributed by atoms with van der Waals surface area (Å²) in [5.74, 6) is 1.61. The van der Waals surface area contributed by atoms with Crippen LogP contribution in [0.3, 0.4) is 0 Å². The maximum absolute atomic E-state index is 4.70. The molecule has 0 unspecified atom stereocenters. The fraction of sp³-hybridized carbons (Fsp3) is 0.286. The largest absolute Gasteiger partial charge is 0.357 e. The van der Waals surface area contributed by atoms with Crippen LogP contribution in [0.2, 0.25) is 0 Å². The molecule has 2 heterocycles. The molecule has 0 aliphatic rings. The Kier molecular flexibility index (Phi) is 3.28. The zero-order valence-electron chi connectivity index (χ0n) is 11.5. The quantitative estimate of drug-likeness (QED) is 0.786. The number of nitrogens with zero attached hydrogens (tertiary/aromatic N) is 5. The van der Waals surface area contributed by atoms with Crippen LogP contribution in [0.25, 0.3) is 22.3 Å². The van der Waals surface area contributed by atoms with Gasteiger partial charge >= 0.3 is 0 Å². The summed E-state index contributed by atoms with van der Waals surface area (Å²) in [4.78, 5) is 6.93. The van der Waals surface area contributed by atoms with Crippen LogP contribution in [0.5, 0.6) is 0 Å². The van der Waals surface area contributed by atoms with Gasteiger partial charge in [0, 0.05) is 24.0 Å². The first-order valence-corrected chi connectivity index (χ1v) is 6.71. The summed E-state index contributed by atoms with van der Waals surface area (Å²) in [6, 6.07) is 10.1. The van der Waals surface area contributed by atoms with E-state index >= 15 is 0 Å². The average Bonchev–Trinajstić information content (AvgIpc) is 3.02. The van der Waals surface area contributed by atoms with Crippen LogP contribution < -0.4 is 4.90 Å². The van der Waals surface area contributed by atoms with E-state index in [9.17, 15) is 0 Å². The first-order valence-electron chi connectivity index (χ1n) is 6.71. The Morgan fingerprint density at radius 1 is 1.10 bits per heavy atom. The maximum Gasteiger partial charge on any atom is 0.204 e. The number of rotatable bonds is 4. The first-order chi connectivity index (χ1) is 9.81. The van der Waals surface area contributed by atoms with Crippen molar-refractivity contribution >= 4 is 16.7 Å². The molecule has 0 bridgehead atoms. The molecule has 1 aromatic carbocycles. The minimum atomic E-state index is 0.597. The molecule has 0 atom stereocenters. The molecular weight excluding hydrogens is 252 g/mol. The van der Waals surface area contributed by atoms with E-state index in [0.29, 0.717) is 5.82 Å². The Balaban J connectivity index is 2.03. The zero-order chi connectivity index (χ0) is 13.9. The zero-order valence-corrected chi connectivity index (χ0v) is 11.5. The van der Waals surface area contributed by atoms with Gasteiger partial charge < -0.3 is 4.90 Å². The number of pyridine rings is 1. The summed E-state index contributed by atoms with van der Waals surface area (Å²) in [5, 5.41) is 15.1. The third-order valence-electron chi connectivity index (χ3n) is 3.37. The van der Waals surface area contributed by atoms with Crippen LogP contribution in [-0.4, -0.2) is 38.7 Å². The van der Waals surface area contributed by atoms with Gasteiger partial charge in [0.2, 0.25) is 5.82 Å². The van der Waals surface area contributed by atoms with Gasteiger partial charge in [-0.2, -0.15) is 5.21 Å². The molecule has 20 heavy (non-hydrogen) atoms. The van der Waals surface area contributed by atoms with Crippen molar-refractivity contribution in [2.24, 2.45) is 0 Å². The van der Waals surface area contributed by atoms with Crippen molar-refractivity contribution in [3.8, 4) is 11.4 Å². The Morgan fingerprint density at radius 3 is 2.65 bits per heavy atom. The van der Waals surface area contributed by atoms with Gasteiger partial charge in [0.05, 0.1) is 5.52 Å². The van der Waals surface area contributed by atoms with Gasteiger partial charge in [-0.25, -0.2) is 4.98 Å². The number of H-pyrrole nitrogens is 1. The molecule has 0 saturated carbocycles. The number of hydrogen-bond donors (Lipinski definition) is 1. The lowest BCUT2D eigenvalue weighted by atomic mass is 10.1. The standard InChI is InChI=1S/C14H16N6/c1-3-20(4-2)13-8-6-10-9-11(5-7-12(10)15-13)14-16-18-19-17-14/h5-9H,3-4H2,1-2H3,(H,16,17,18,19). The second-order valence-corrected chi connectivity index (χ2v) is 4.48. The molecule has 0 spiro atoms. The number of aromatic amines is 1. The van der Waals surface area contributed by atoms with E-state index in [1.165, 1.54) is 0 Å². The molecule has 102 valence electrons. The number of hydrogen-bond acceptors (Lipinski definition) is 5. The van der Waals surface area contributed by atoms with E-state index in [-0.39, 0.29) is 0 Å². The van der Waals surface area contributed by atoms with Crippen LogP contribution >= 0.6 is 0 Å². The van der Waals surface area contributed by atoms with Gasteiger partial charge in [-0.1, -0.05) is 0 Å². The molecule has 6 heteroatoms. The second kappa shape index (κ2) is 5.24. The summed E-state index contributed by atoms with van der Waals surface area (Å²) < 4.78 is 0. The molecule has 0 fully saturated rings. The SMILES string of the molecule is CCN(CC)c1ccc2cc(-c3nn[nH]n3)ccc2n1. The molecule has 1 N–H and O–H groups in total. The molecule has 0 amide bonds. The highest BCUT2D eigenvalue weighted by atomic mass is 15.5. The third kappa shape index (κ3) is 2.20. The van der Waals surface area contributed by atoms with Gasteiger partial charge in [-0.05, 0) is 49.4 Å². The molecule has 2 aromatic heterocycles. The Morgan fingerprint density at radius 2 is 1.95 bits per heavy atom. The van der Waals surface area contributed by atoms with Gasteiger partial charge in [-0.3, -0.25) is 0 Å². The van der Waals surface area contributed by atoms with Crippen LogP contribution in [0, 0.1) is 0 Å². The monoisotopic (exact) mass is 268 g/mol. The van der Waals surface area contributed by atoms with Gasteiger partial charge in [0.25, 0.3) is 0 Å². The van der Waals surface area contributed by atoms with Crippen molar-refractivity contribution < 1.29 is 0 Å². The minimum absolute atomic E-state index is 0.597. The summed E-state index contributed by atoms with van der Waals surface area (Å²) in [6.45, 7) is 6.18. The fourth-order valence-corrected chi connectivity index (χ4v) is 2.26.